The van der Waals surface area contributed by atoms with Crippen LogP contribution >= 0.6 is 11.8 Å². The molecule has 5 nitrogen and oxygen atoms in total. The third-order valence-electron chi connectivity index (χ3n) is 3.53. The molecule has 0 aromatic heterocycles. The molecule has 124 valence electrons. The van der Waals surface area contributed by atoms with Gasteiger partial charge in [-0.25, -0.2) is 9.59 Å². The fourth-order valence-electron chi connectivity index (χ4n) is 2.48. The summed E-state index contributed by atoms with van der Waals surface area (Å²) < 4.78 is 5.36. The van der Waals surface area contributed by atoms with Gasteiger partial charge in [-0.15, -0.1) is 0 Å². The van der Waals surface area contributed by atoms with Crippen molar-refractivity contribution >= 4 is 23.8 Å². The first kappa shape index (κ1) is 17.4. The lowest BCUT2D eigenvalue weighted by atomic mass is 9.94. The molecule has 23 heavy (non-hydrogen) atoms. The van der Waals surface area contributed by atoms with Gasteiger partial charge in [-0.1, -0.05) is 36.8 Å². The van der Waals surface area contributed by atoms with Crippen LogP contribution in [0.15, 0.2) is 35.5 Å². The standard InChI is InChI=1S/C17H22N2O3S/c1-4-23-9-8-22-16(20)14-12(3)18-17(21)19-15(14)13-7-5-6-11(2)10-13/h5-7,10,15H,4,8-9H2,1-3H3,(H2,18,19,21)/t15-/m1/s1. The number of hydrogen-bond donors (Lipinski definition) is 2. The smallest absolute Gasteiger partial charge is 0.338 e. The Labute approximate surface area is 140 Å². The molecule has 6 heteroatoms. The first-order valence-electron chi connectivity index (χ1n) is 7.62. The van der Waals surface area contributed by atoms with Crippen LogP contribution in [-0.2, 0) is 9.53 Å². The van der Waals surface area contributed by atoms with E-state index in [0.29, 0.717) is 17.9 Å². The Morgan fingerprint density at radius 1 is 1.35 bits per heavy atom. The summed E-state index contributed by atoms with van der Waals surface area (Å²) in [5.41, 5.74) is 2.93. The summed E-state index contributed by atoms with van der Waals surface area (Å²) in [5.74, 6) is 1.37. The molecule has 1 aliphatic heterocycles. The van der Waals surface area contributed by atoms with Crippen molar-refractivity contribution in [2.45, 2.75) is 26.8 Å². The second-order valence-corrected chi connectivity index (χ2v) is 6.71. The molecule has 0 aliphatic carbocycles. The fraction of sp³-hybridized carbons (Fsp3) is 0.412. The number of nitrogens with one attached hydrogen (secondary N) is 2. The number of thioether (sulfide) groups is 1. The third kappa shape index (κ3) is 4.51. The lowest BCUT2D eigenvalue weighted by molar-refractivity contribution is -0.138. The van der Waals surface area contributed by atoms with Crippen LogP contribution in [0.25, 0.3) is 0 Å². The van der Waals surface area contributed by atoms with Crippen LogP contribution in [0.4, 0.5) is 4.79 Å². The summed E-state index contributed by atoms with van der Waals surface area (Å²) in [7, 11) is 0. The normalized spacial score (nSPS) is 17.5. The predicted molar refractivity (Wildman–Crippen MR) is 92.2 cm³/mol. The molecular weight excluding hydrogens is 312 g/mol. The number of rotatable bonds is 6. The number of esters is 1. The zero-order chi connectivity index (χ0) is 16.8. The van der Waals surface area contributed by atoms with E-state index in [2.05, 4.69) is 17.6 Å². The van der Waals surface area contributed by atoms with Gasteiger partial charge in [-0.05, 0) is 25.2 Å². The Morgan fingerprint density at radius 3 is 2.83 bits per heavy atom. The molecule has 2 rings (SSSR count). The van der Waals surface area contributed by atoms with Crippen molar-refractivity contribution < 1.29 is 14.3 Å². The lowest BCUT2D eigenvalue weighted by Crippen LogP contribution is -2.45. The summed E-state index contributed by atoms with van der Waals surface area (Å²) in [6.07, 6.45) is 0. The highest BCUT2D eigenvalue weighted by atomic mass is 32.2. The summed E-state index contributed by atoms with van der Waals surface area (Å²) in [6, 6.07) is 6.94. The summed E-state index contributed by atoms with van der Waals surface area (Å²) in [4.78, 5) is 24.3. The highest BCUT2D eigenvalue weighted by Crippen LogP contribution is 2.28. The number of benzene rings is 1. The Morgan fingerprint density at radius 2 is 2.13 bits per heavy atom. The summed E-state index contributed by atoms with van der Waals surface area (Å²) in [6.45, 7) is 6.12. The number of hydrogen-bond acceptors (Lipinski definition) is 4. The van der Waals surface area contributed by atoms with Crippen LogP contribution in [-0.4, -0.2) is 30.1 Å². The van der Waals surface area contributed by atoms with Gasteiger partial charge in [0.05, 0.1) is 11.6 Å². The average molecular weight is 334 g/mol. The molecular formula is C17H22N2O3S. The third-order valence-corrected chi connectivity index (χ3v) is 4.39. The molecule has 1 atom stereocenters. The fourth-order valence-corrected chi connectivity index (χ4v) is 2.97. The zero-order valence-corrected chi connectivity index (χ0v) is 14.5. The van der Waals surface area contributed by atoms with Crippen molar-refractivity contribution in [3.8, 4) is 0 Å². The van der Waals surface area contributed by atoms with Gasteiger partial charge in [0.1, 0.15) is 6.61 Å². The van der Waals surface area contributed by atoms with Crippen LogP contribution in [0, 0.1) is 6.92 Å². The van der Waals surface area contributed by atoms with Crippen molar-refractivity contribution in [1.82, 2.24) is 10.6 Å². The van der Waals surface area contributed by atoms with Gasteiger partial charge >= 0.3 is 12.0 Å². The molecule has 1 aromatic rings. The van der Waals surface area contributed by atoms with Gasteiger partial charge in [0.2, 0.25) is 0 Å². The van der Waals surface area contributed by atoms with E-state index in [4.69, 9.17) is 4.74 Å². The maximum absolute atomic E-state index is 12.5. The van der Waals surface area contributed by atoms with E-state index < -0.39 is 12.0 Å². The monoisotopic (exact) mass is 334 g/mol. The van der Waals surface area contributed by atoms with E-state index in [0.717, 1.165) is 22.6 Å². The Hall–Kier alpha value is -1.95. The minimum absolute atomic E-state index is 0.313. The summed E-state index contributed by atoms with van der Waals surface area (Å²) in [5, 5.41) is 5.46. The molecule has 0 fully saturated rings. The molecule has 0 unspecified atom stereocenters. The first-order chi connectivity index (χ1) is 11.0. The molecule has 1 aromatic carbocycles. The maximum Gasteiger partial charge on any atom is 0.338 e. The van der Waals surface area contributed by atoms with Gasteiger partial charge in [-0.3, -0.25) is 0 Å². The number of aryl methyl sites for hydroxylation is 1. The molecule has 2 N–H and O–H groups in total. The van der Waals surface area contributed by atoms with Gasteiger partial charge in [0.25, 0.3) is 0 Å². The Balaban J connectivity index is 2.22. The number of urea groups is 1. The van der Waals surface area contributed by atoms with Crippen molar-refractivity contribution in [3.63, 3.8) is 0 Å². The molecule has 1 heterocycles. The largest absolute Gasteiger partial charge is 0.461 e. The second kappa shape index (κ2) is 8.06. The maximum atomic E-state index is 12.5. The van der Waals surface area contributed by atoms with Crippen LogP contribution in [0.3, 0.4) is 0 Å². The van der Waals surface area contributed by atoms with E-state index in [1.165, 1.54) is 0 Å². The minimum Gasteiger partial charge on any atom is -0.461 e. The number of carbonyl (C=O) groups excluding carboxylic acids is 2. The van der Waals surface area contributed by atoms with Crippen LogP contribution < -0.4 is 10.6 Å². The van der Waals surface area contributed by atoms with Crippen molar-refractivity contribution in [1.29, 1.82) is 0 Å². The average Bonchev–Trinajstić information content (AvgIpc) is 2.50. The SMILES string of the molecule is CCSCCOC(=O)C1=C(C)NC(=O)N[C@@H]1c1cccc(C)c1. The molecule has 0 radical (unpaired) electrons. The van der Waals surface area contributed by atoms with E-state index >= 15 is 0 Å². The summed E-state index contributed by atoms with van der Waals surface area (Å²) >= 11 is 1.72. The van der Waals surface area contributed by atoms with Crippen LogP contribution in [0.5, 0.6) is 0 Å². The Bertz CT molecular complexity index is 628. The molecule has 1 aliphatic rings. The van der Waals surface area contributed by atoms with Crippen LogP contribution in [0.1, 0.15) is 31.0 Å². The predicted octanol–water partition coefficient (Wildman–Crippen LogP) is 2.92. The molecule has 0 spiro atoms. The first-order valence-corrected chi connectivity index (χ1v) is 8.78. The van der Waals surface area contributed by atoms with E-state index in [-0.39, 0.29) is 6.03 Å². The molecule has 0 bridgehead atoms. The van der Waals surface area contributed by atoms with Gasteiger partial charge in [-0.2, -0.15) is 11.8 Å². The van der Waals surface area contributed by atoms with Crippen molar-refractivity contribution in [2.75, 3.05) is 18.1 Å². The number of carbonyl (C=O) groups is 2. The highest BCUT2D eigenvalue weighted by Gasteiger charge is 2.32. The number of amides is 2. The van der Waals surface area contributed by atoms with E-state index in [1.54, 1.807) is 18.7 Å². The molecule has 0 saturated carbocycles. The quantitative estimate of drug-likeness (QED) is 0.620. The topological polar surface area (TPSA) is 67.4 Å². The second-order valence-electron chi connectivity index (χ2n) is 5.32. The van der Waals surface area contributed by atoms with E-state index in [1.807, 2.05) is 31.2 Å². The van der Waals surface area contributed by atoms with Gasteiger partial charge in [0, 0.05) is 11.4 Å². The number of allylic oxidation sites excluding steroid dienone is 1. The highest BCUT2D eigenvalue weighted by molar-refractivity contribution is 7.99. The van der Waals surface area contributed by atoms with Gasteiger partial charge < -0.3 is 15.4 Å². The minimum atomic E-state index is -0.491. The van der Waals surface area contributed by atoms with Crippen LogP contribution in [0.2, 0.25) is 0 Å². The Kier molecular flexibility index (Phi) is 6.10. The number of ether oxygens (including phenoxy) is 1. The molecule has 0 saturated heterocycles. The lowest BCUT2D eigenvalue weighted by Gasteiger charge is -2.28. The molecule has 2 amide bonds. The van der Waals surface area contributed by atoms with Crippen molar-refractivity contribution in [2.24, 2.45) is 0 Å². The van der Waals surface area contributed by atoms with Crippen molar-refractivity contribution in [3.05, 3.63) is 46.7 Å². The zero-order valence-electron chi connectivity index (χ0n) is 13.6. The van der Waals surface area contributed by atoms with E-state index in [9.17, 15) is 9.59 Å². The van der Waals surface area contributed by atoms with Gasteiger partial charge in [0.15, 0.2) is 0 Å².